The van der Waals surface area contributed by atoms with Gasteiger partial charge in [-0.05, 0) is 26.2 Å². The van der Waals surface area contributed by atoms with E-state index in [1.165, 1.54) is 0 Å². The molecule has 0 aromatic heterocycles. The third-order valence-corrected chi connectivity index (χ3v) is 1.91. The Morgan fingerprint density at radius 1 is 1.60 bits per heavy atom. The van der Waals surface area contributed by atoms with E-state index in [9.17, 15) is 4.79 Å². The van der Waals surface area contributed by atoms with Crippen molar-refractivity contribution in [3.05, 3.63) is 0 Å². The number of carbonyl (C=O) groups is 1. The lowest BCUT2D eigenvalue weighted by atomic mass is 10.00. The Morgan fingerprint density at radius 2 is 2.30 bits per heavy atom. The molecule has 0 aliphatic carbocycles. The van der Waals surface area contributed by atoms with E-state index in [-0.39, 0.29) is 6.04 Å². The number of rotatable bonds is 1. The molecule has 0 saturated carbocycles. The van der Waals surface area contributed by atoms with Gasteiger partial charge in [-0.1, -0.05) is 0 Å². The maximum Gasteiger partial charge on any atom is 0.320 e. The highest BCUT2D eigenvalue weighted by Crippen LogP contribution is 2.11. The van der Waals surface area contributed by atoms with Crippen LogP contribution in [0.5, 0.6) is 0 Å². The smallest absolute Gasteiger partial charge is 0.320 e. The van der Waals surface area contributed by atoms with Gasteiger partial charge in [-0.15, -0.1) is 0 Å². The summed E-state index contributed by atoms with van der Waals surface area (Å²) in [6.07, 6.45) is 2.91. The fourth-order valence-corrected chi connectivity index (χ4v) is 1.33. The maximum absolute atomic E-state index is 10.4. The van der Waals surface area contributed by atoms with Crippen LogP contribution in [0.1, 0.15) is 26.2 Å². The van der Waals surface area contributed by atoms with Crippen molar-refractivity contribution < 1.29 is 9.90 Å². The van der Waals surface area contributed by atoms with Crippen molar-refractivity contribution in [2.75, 3.05) is 0 Å². The van der Waals surface area contributed by atoms with Gasteiger partial charge in [0.15, 0.2) is 0 Å². The number of aliphatic carboxylic acids is 1. The van der Waals surface area contributed by atoms with Gasteiger partial charge in [-0.25, -0.2) is 0 Å². The Kier molecular flexibility index (Phi) is 2.27. The SMILES string of the molecule is CC1CCC[C@H](C(=O)O)N1. The number of carboxylic acids is 1. The van der Waals surface area contributed by atoms with Gasteiger partial charge in [0.05, 0.1) is 0 Å². The zero-order valence-corrected chi connectivity index (χ0v) is 6.13. The minimum atomic E-state index is -0.716. The summed E-state index contributed by atoms with van der Waals surface area (Å²) in [5.74, 6) is -0.716. The monoisotopic (exact) mass is 143 g/mol. The van der Waals surface area contributed by atoms with Gasteiger partial charge < -0.3 is 10.4 Å². The minimum absolute atomic E-state index is 0.302. The summed E-state index contributed by atoms with van der Waals surface area (Å²) in [5.41, 5.74) is 0. The van der Waals surface area contributed by atoms with Gasteiger partial charge in [-0.2, -0.15) is 0 Å². The van der Waals surface area contributed by atoms with E-state index < -0.39 is 5.97 Å². The third-order valence-electron chi connectivity index (χ3n) is 1.91. The normalized spacial score (nSPS) is 33.7. The molecule has 58 valence electrons. The molecular weight excluding hydrogens is 130 g/mol. The number of hydrogen-bond donors (Lipinski definition) is 2. The molecule has 0 bridgehead atoms. The van der Waals surface area contributed by atoms with Crippen molar-refractivity contribution in [1.82, 2.24) is 5.32 Å². The van der Waals surface area contributed by atoms with Crippen LogP contribution in [0.4, 0.5) is 0 Å². The van der Waals surface area contributed by atoms with Crippen LogP contribution in [0.25, 0.3) is 0 Å². The van der Waals surface area contributed by atoms with Crippen molar-refractivity contribution in [2.24, 2.45) is 0 Å². The summed E-state index contributed by atoms with van der Waals surface area (Å²) >= 11 is 0. The maximum atomic E-state index is 10.4. The van der Waals surface area contributed by atoms with E-state index in [4.69, 9.17) is 5.11 Å². The number of carboxylic acid groups (broad SMARTS) is 1. The van der Waals surface area contributed by atoms with Crippen LogP contribution in [0.2, 0.25) is 0 Å². The van der Waals surface area contributed by atoms with Gasteiger partial charge in [0.1, 0.15) is 6.04 Å². The Labute approximate surface area is 60.4 Å². The van der Waals surface area contributed by atoms with Crippen molar-refractivity contribution in [1.29, 1.82) is 0 Å². The molecule has 2 atom stereocenters. The van der Waals surface area contributed by atoms with Crippen LogP contribution in [0, 0.1) is 0 Å². The van der Waals surface area contributed by atoms with Gasteiger partial charge in [0, 0.05) is 6.04 Å². The van der Waals surface area contributed by atoms with Gasteiger partial charge >= 0.3 is 5.97 Å². The zero-order valence-electron chi connectivity index (χ0n) is 6.13. The average molecular weight is 143 g/mol. The molecule has 0 aromatic rings. The van der Waals surface area contributed by atoms with Gasteiger partial charge in [0.25, 0.3) is 0 Å². The number of hydrogen-bond acceptors (Lipinski definition) is 2. The molecule has 3 nitrogen and oxygen atoms in total. The molecule has 1 rings (SSSR count). The molecular formula is C7H13NO2. The molecule has 1 aliphatic rings. The summed E-state index contributed by atoms with van der Waals surface area (Å²) in [4.78, 5) is 10.4. The molecule has 2 N–H and O–H groups in total. The van der Waals surface area contributed by atoms with E-state index in [2.05, 4.69) is 5.32 Å². The van der Waals surface area contributed by atoms with Crippen LogP contribution in [-0.2, 0) is 4.79 Å². The molecule has 10 heavy (non-hydrogen) atoms. The predicted molar refractivity (Wildman–Crippen MR) is 37.9 cm³/mol. The van der Waals surface area contributed by atoms with Crippen LogP contribution in [0.3, 0.4) is 0 Å². The fourth-order valence-electron chi connectivity index (χ4n) is 1.33. The first-order valence-corrected chi connectivity index (χ1v) is 3.69. The topological polar surface area (TPSA) is 49.3 Å². The van der Waals surface area contributed by atoms with Crippen molar-refractivity contribution in [3.8, 4) is 0 Å². The lowest BCUT2D eigenvalue weighted by Gasteiger charge is -2.25. The lowest BCUT2D eigenvalue weighted by molar-refractivity contribution is -0.140. The molecule has 0 spiro atoms. The van der Waals surface area contributed by atoms with Crippen molar-refractivity contribution in [3.63, 3.8) is 0 Å². The Bertz CT molecular complexity index is 136. The van der Waals surface area contributed by atoms with Crippen LogP contribution in [0.15, 0.2) is 0 Å². The highest BCUT2D eigenvalue weighted by molar-refractivity contribution is 5.73. The number of piperidine rings is 1. The summed E-state index contributed by atoms with van der Waals surface area (Å²) < 4.78 is 0. The quantitative estimate of drug-likeness (QED) is 0.565. The molecule has 0 aromatic carbocycles. The Hall–Kier alpha value is -0.570. The predicted octanol–water partition coefficient (Wildman–Crippen LogP) is 0.602. The van der Waals surface area contributed by atoms with E-state index in [0.29, 0.717) is 6.04 Å². The second kappa shape index (κ2) is 3.01. The van der Waals surface area contributed by atoms with E-state index >= 15 is 0 Å². The van der Waals surface area contributed by atoms with Gasteiger partial charge in [0.2, 0.25) is 0 Å². The highest BCUT2D eigenvalue weighted by atomic mass is 16.4. The average Bonchev–Trinajstić information content (AvgIpc) is 1.88. The molecule has 1 aliphatic heterocycles. The molecule has 1 fully saturated rings. The second-order valence-corrected chi connectivity index (χ2v) is 2.89. The highest BCUT2D eigenvalue weighted by Gasteiger charge is 2.22. The zero-order chi connectivity index (χ0) is 7.56. The minimum Gasteiger partial charge on any atom is -0.480 e. The van der Waals surface area contributed by atoms with Crippen LogP contribution >= 0.6 is 0 Å². The third kappa shape index (κ3) is 1.70. The molecule has 1 heterocycles. The van der Waals surface area contributed by atoms with E-state index in [1.54, 1.807) is 0 Å². The standard InChI is InChI=1S/C7H13NO2/c1-5-3-2-4-6(8-5)7(9)10/h5-6,8H,2-4H2,1H3,(H,9,10)/t5?,6-/m1/s1. The molecule has 1 saturated heterocycles. The molecule has 0 radical (unpaired) electrons. The lowest BCUT2D eigenvalue weighted by Crippen LogP contribution is -2.45. The van der Waals surface area contributed by atoms with Crippen LogP contribution < -0.4 is 5.32 Å². The van der Waals surface area contributed by atoms with Crippen molar-refractivity contribution in [2.45, 2.75) is 38.3 Å². The first kappa shape index (κ1) is 7.54. The first-order valence-electron chi connectivity index (χ1n) is 3.69. The number of nitrogens with one attached hydrogen (secondary N) is 1. The second-order valence-electron chi connectivity index (χ2n) is 2.89. The molecule has 1 unspecified atom stereocenters. The van der Waals surface area contributed by atoms with Crippen molar-refractivity contribution >= 4 is 5.97 Å². The summed E-state index contributed by atoms with van der Waals surface area (Å²) in [5, 5.41) is 11.6. The molecule has 0 amide bonds. The van der Waals surface area contributed by atoms with Gasteiger partial charge in [-0.3, -0.25) is 4.79 Å². The Balaban J connectivity index is 2.39. The molecule has 3 heteroatoms. The fraction of sp³-hybridized carbons (Fsp3) is 0.857. The van der Waals surface area contributed by atoms with E-state index in [0.717, 1.165) is 19.3 Å². The van der Waals surface area contributed by atoms with E-state index in [1.807, 2.05) is 6.92 Å². The van der Waals surface area contributed by atoms with Crippen LogP contribution in [-0.4, -0.2) is 23.2 Å². The summed E-state index contributed by atoms with van der Waals surface area (Å²) in [6.45, 7) is 2.02. The summed E-state index contributed by atoms with van der Waals surface area (Å²) in [7, 11) is 0. The summed E-state index contributed by atoms with van der Waals surface area (Å²) in [6, 6.07) is 0.0681. The Morgan fingerprint density at radius 3 is 2.70 bits per heavy atom. The first-order chi connectivity index (χ1) is 4.70. The largest absolute Gasteiger partial charge is 0.480 e.